The first-order valence-electron chi connectivity index (χ1n) is 11.0. The van der Waals surface area contributed by atoms with E-state index in [1.807, 2.05) is 4.90 Å². The number of ether oxygens (including phenoxy) is 1. The standard InChI is InChI=1S/C24H22ClFN4O5/c1-2-18(33)28-6-8-29(9-7-28)23-14-10-15(25)19(20-16(26)4-3-5-17(20)32)22-21(14)30(24(34)27-23)13(11-31)12-35-22/h2-5,10,13,31-32H,1,6-9,11-12H2/t13-/m0/s1. The van der Waals surface area contributed by atoms with E-state index in [4.69, 9.17) is 16.3 Å². The fourth-order valence-electron chi connectivity index (χ4n) is 4.70. The first-order chi connectivity index (χ1) is 16.8. The highest BCUT2D eigenvalue weighted by atomic mass is 35.5. The van der Waals surface area contributed by atoms with E-state index < -0.39 is 17.5 Å². The van der Waals surface area contributed by atoms with Gasteiger partial charge in [0.25, 0.3) is 0 Å². The van der Waals surface area contributed by atoms with Crippen LogP contribution < -0.4 is 15.3 Å². The number of hydrogen-bond acceptors (Lipinski definition) is 7. The first-order valence-corrected chi connectivity index (χ1v) is 11.4. The largest absolute Gasteiger partial charge is 0.507 e. The number of anilines is 1. The number of phenols is 1. The minimum Gasteiger partial charge on any atom is -0.507 e. The minimum absolute atomic E-state index is 0.0651. The summed E-state index contributed by atoms with van der Waals surface area (Å²) in [5, 5.41) is 20.9. The fraction of sp³-hybridized carbons (Fsp3) is 0.292. The Bertz CT molecular complexity index is 1400. The summed E-state index contributed by atoms with van der Waals surface area (Å²) in [4.78, 5) is 33.0. The van der Waals surface area contributed by atoms with Crippen molar-refractivity contribution in [2.24, 2.45) is 0 Å². The van der Waals surface area contributed by atoms with Gasteiger partial charge in [-0.1, -0.05) is 24.2 Å². The average Bonchev–Trinajstić information content (AvgIpc) is 2.86. The van der Waals surface area contributed by atoms with Gasteiger partial charge in [-0.05, 0) is 24.3 Å². The molecule has 2 aromatic carbocycles. The number of aliphatic hydroxyl groups excluding tert-OH is 1. The van der Waals surface area contributed by atoms with Gasteiger partial charge in [-0.2, -0.15) is 4.98 Å². The molecule has 0 radical (unpaired) electrons. The van der Waals surface area contributed by atoms with Crippen LogP contribution in [0, 0.1) is 5.82 Å². The van der Waals surface area contributed by atoms with Gasteiger partial charge in [0.2, 0.25) is 5.91 Å². The van der Waals surface area contributed by atoms with E-state index in [1.54, 1.807) is 11.0 Å². The van der Waals surface area contributed by atoms with Crippen LogP contribution in [0.5, 0.6) is 11.5 Å². The van der Waals surface area contributed by atoms with Crippen molar-refractivity contribution in [3.63, 3.8) is 0 Å². The quantitative estimate of drug-likeness (QED) is 0.529. The number of aliphatic hydroxyl groups is 1. The Balaban J connectivity index is 1.74. The lowest BCUT2D eigenvalue weighted by Crippen LogP contribution is -2.49. The predicted molar refractivity (Wildman–Crippen MR) is 129 cm³/mol. The van der Waals surface area contributed by atoms with Crippen LogP contribution in [0.4, 0.5) is 10.2 Å². The Morgan fingerprint density at radius 3 is 2.69 bits per heavy atom. The van der Waals surface area contributed by atoms with Crippen molar-refractivity contribution in [1.82, 2.24) is 14.5 Å². The van der Waals surface area contributed by atoms with E-state index in [1.165, 1.54) is 28.8 Å². The monoisotopic (exact) mass is 500 g/mol. The third kappa shape index (κ3) is 3.69. The molecule has 1 atom stereocenters. The number of aromatic hydroxyl groups is 1. The van der Waals surface area contributed by atoms with Gasteiger partial charge in [0.05, 0.1) is 34.3 Å². The van der Waals surface area contributed by atoms with Gasteiger partial charge in [0.15, 0.2) is 5.75 Å². The molecule has 1 amide bonds. The highest BCUT2D eigenvalue weighted by Gasteiger charge is 2.33. The number of piperazine rings is 1. The van der Waals surface area contributed by atoms with Gasteiger partial charge < -0.3 is 24.7 Å². The Kier molecular flexibility index (Phi) is 5.86. The predicted octanol–water partition coefficient (Wildman–Crippen LogP) is 2.32. The second-order valence-electron chi connectivity index (χ2n) is 8.34. The number of carbonyl (C=O) groups is 1. The van der Waals surface area contributed by atoms with Crippen molar-refractivity contribution in [1.29, 1.82) is 0 Å². The molecule has 0 unspecified atom stereocenters. The highest BCUT2D eigenvalue weighted by Crippen LogP contribution is 2.49. The number of rotatable bonds is 4. The smallest absolute Gasteiger partial charge is 0.350 e. The average molecular weight is 501 g/mol. The lowest BCUT2D eigenvalue weighted by molar-refractivity contribution is -0.126. The molecule has 0 spiro atoms. The lowest BCUT2D eigenvalue weighted by Gasteiger charge is -2.36. The Morgan fingerprint density at radius 1 is 1.29 bits per heavy atom. The maximum atomic E-state index is 14.8. The molecule has 0 bridgehead atoms. The molecule has 1 saturated heterocycles. The lowest BCUT2D eigenvalue weighted by atomic mass is 9.99. The molecule has 3 heterocycles. The summed E-state index contributed by atoms with van der Waals surface area (Å²) < 4.78 is 22.1. The van der Waals surface area contributed by atoms with E-state index >= 15 is 0 Å². The molecule has 2 aliphatic heterocycles. The second-order valence-corrected chi connectivity index (χ2v) is 8.75. The summed E-state index contributed by atoms with van der Waals surface area (Å²) in [5.41, 5.74) is -0.340. The number of carbonyl (C=O) groups excluding carboxylic acids is 1. The summed E-state index contributed by atoms with van der Waals surface area (Å²) in [5.74, 6) is -0.741. The van der Waals surface area contributed by atoms with E-state index in [9.17, 15) is 24.2 Å². The van der Waals surface area contributed by atoms with E-state index in [2.05, 4.69) is 11.6 Å². The zero-order chi connectivity index (χ0) is 24.9. The maximum absolute atomic E-state index is 14.8. The van der Waals surface area contributed by atoms with E-state index in [-0.39, 0.29) is 46.8 Å². The molecule has 5 rings (SSSR count). The van der Waals surface area contributed by atoms with Crippen LogP contribution in [0.2, 0.25) is 5.02 Å². The SMILES string of the molecule is C=CC(=O)N1CCN(c2nc(=O)n3c4c(c(-c5c(O)cccc5F)c(Cl)cc24)OC[C@@H]3CO)CC1. The normalized spacial score (nSPS) is 17.4. The number of halogens is 2. The molecule has 2 aliphatic rings. The third-order valence-electron chi connectivity index (χ3n) is 6.40. The summed E-state index contributed by atoms with van der Waals surface area (Å²) in [7, 11) is 0. The molecule has 0 saturated carbocycles. The summed E-state index contributed by atoms with van der Waals surface area (Å²) in [6, 6.07) is 4.75. The molecule has 11 heteroatoms. The van der Waals surface area contributed by atoms with Crippen LogP contribution >= 0.6 is 11.6 Å². The van der Waals surface area contributed by atoms with Crippen molar-refractivity contribution in [2.45, 2.75) is 6.04 Å². The molecule has 1 fully saturated rings. The van der Waals surface area contributed by atoms with Crippen LogP contribution in [0.15, 0.2) is 41.7 Å². The molecule has 35 heavy (non-hydrogen) atoms. The first kappa shape index (κ1) is 23.1. The van der Waals surface area contributed by atoms with Gasteiger partial charge in [-0.25, -0.2) is 9.18 Å². The number of phenolic OH excluding ortho intramolecular Hbond substituents is 1. The molecule has 3 aromatic rings. The zero-order valence-corrected chi connectivity index (χ0v) is 19.3. The Morgan fingerprint density at radius 2 is 2.03 bits per heavy atom. The fourth-order valence-corrected chi connectivity index (χ4v) is 4.99. The number of nitrogens with zero attached hydrogens (tertiary/aromatic N) is 4. The van der Waals surface area contributed by atoms with Crippen molar-refractivity contribution >= 4 is 34.2 Å². The van der Waals surface area contributed by atoms with Crippen molar-refractivity contribution in [2.75, 3.05) is 44.3 Å². The van der Waals surface area contributed by atoms with Crippen molar-refractivity contribution in [3.8, 4) is 22.6 Å². The summed E-state index contributed by atoms with van der Waals surface area (Å²) in [6.45, 7) is 4.73. The molecular formula is C24H22ClFN4O5. The molecule has 1 aromatic heterocycles. The maximum Gasteiger partial charge on any atom is 0.350 e. The summed E-state index contributed by atoms with van der Waals surface area (Å²) >= 11 is 6.64. The van der Waals surface area contributed by atoms with Crippen LogP contribution in [-0.4, -0.2) is 70.0 Å². The van der Waals surface area contributed by atoms with Crippen LogP contribution in [0.3, 0.4) is 0 Å². The number of aromatic nitrogens is 2. The molecular weight excluding hydrogens is 479 g/mol. The van der Waals surface area contributed by atoms with Gasteiger partial charge in [-0.3, -0.25) is 9.36 Å². The Hall–Kier alpha value is -3.63. The minimum atomic E-state index is -0.707. The topological polar surface area (TPSA) is 108 Å². The zero-order valence-electron chi connectivity index (χ0n) is 18.6. The van der Waals surface area contributed by atoms with Crippen molar-refractivity contribution in [3.05, 3.63) is 58.2 Å². The third-order valence-corrected chi connectivity index (χ3v) is 6.70. The van der Waals surface area contributed by atoms with Crippen LogP contribution in [-0.2, 0) is 4.79 Å². The van der Waals surface area contributed by atoms with Crippen LogP contribution in [0.1, 0.15) is 6.04 Å². The van der Waals surface area contributed by atoms with Gasteiger partial charge >= 0.3 is 5.69 Å². The number of amides is 1. The second kappa shape index (κ2) is 8.86. The summed E-state index contributed by atoms with van der Waals surface area (Å²) in [6.07, 6.45) is 1.26. The van der Waals surface area contributed by atoms with Gasteiger partial charge in [0.1, 0.15) is 24.0 Å². The number of hydrogen-bond donors (Lipinski definition) is 2. The highest BCUT2D eigenvalue weighted by molar-refractivity contribution is 6.35. The van der Waals surface area contributed by atoms with Gasteiger partial charge in [-0.15, -0.1) is 0 Å². The number of benzene rings is 2. The molecule has 9 nitrogen and oxygen atoms in total. The van der Waals surface area contributed by atoms with Gasteiger partial charge in [0, 0.05) is 31.6 Å². The Labute approximate surface area is 204 Å². The molecule has 2 N–H and O–H groups in total. The molecule has 0 aliphatic carbocycles. The van der Waals surface area contributed by atoms with Crippen LogP contribution in [0.25, 0.3) is 22.0 Å². The van der Waals surface area contributed by atoms with E-state index in [0.717, 1.165) is 0 Å². The molecule has 182 valence electrons. The van der Waals surface area contributed by atoms with E-state index in [0.29, 0.717) is 42.9 Å². The van der Waals surface area contributed by atoms with Crippen molar-refractivity contribution < 1.29 is 24.1 Å².